The van der Waals surface area contributed by atoms with E-state index in [-0.39, 0.29) is 0 Å². The number of thioether (sulfide) groups is 2. The van der Waals surface area contributed by atoms with Crippen molar-refractivity contribution < 1.29 is 0 Å². The Morgan fingerprint density at radius 2 is 2.00 bits per heavy atom. The second kappa shape index (κ2) is 3.76. The van der Waals surface area contributed by atoms with Gasteiger partial charge in [-0.25, -0.2) is 0 Å². The quantitative estimate of drug-likeness (QED) is 0.612. The second-order valence-corrected chi connectivity index (χ2v) is 7.89. The zero-order valence-electron chi connectivity index (χ0n) is 4.85. The van der Waals surface area contributed by atoms with Gasteiger partial charge in [-0.3, -0.25) is 0 Å². The molecule has 0 fully saturated rings. The van der Waals surface area contributed by atoms with Gasteiger partial charge < -0.3 is 0 Å². The van der Waals surface area contributed by atoms with Gasteiger partial charge in [0.2, 0.25) is 0 Å². The predicted molar refractivity (Wildman–Crippen MR) is 59.0 cm³/mol. The molecule has 0 saturated carbocycles. The third-order valence-corrected chi connectivity index (χ3v) is 7.57. The van der Waals surface area contributed by atoms with Crippen molar-refractivity contribution in [3.8, 4) is 0 Å². The summed E-state index contributed by atoms with van der Waals surface area (Å²) in [7, 11) is 5.59. The summed E-state index contributed by atoms with van der Waals surface area (Å²) in [6.45, 7) is 0. The van der Waals surface area contributed by atoms with E-state index in [0.29, 0.717) is 4.58 Å². The Morgan fingerprint density at radius 3 is 2.60 bits per heavy atom. The lowest BCUT2D eigenvalue weighted by molar-refractivity contribution is 1.65. The van der Waals surface area contributed by atoms with E-state index >= 15 is 0 Å². The lowest BCUT2D eigenvalue weighted by Gasteiger charge is -2.04. The van der Waals surface area contributed by atoms with Crippen molar-refractivity contribution in [1.82, 2.24) is 0 Å². The van der Waals surface area contributed by atoms with Crippen LogP contribution in [0.25, 0.3) is 0 Å². The molecule has 5 heteroatoms. The Hall–Kier alpha value is 1.23. The predicted octanol–water partition coefficient (Wildman–Crippen LogP) is 4.15. The van der Waals surface area contributed by atoms with Crippen LogP contribution in [0.4, 0.5) is 0 Å². The highest BCUT2D eigenvalue weighted by Crippen LogP contribution is 2.55. The molecule has 2 aliphatic rings. The maximum Gasteiger partial charge on any atom is 0.0906 e. The normalized spacial score (nSPS) is 25.8. The van der Waals surface area contributed by atoms with Crippen LogP contribution in [-0.4, -0.2) is 4.58 Å². The molecule has 2 rings (SSSR count). The second-order valence-electron chi connectivity index (χ2n) is 1.64. The topological polar surface area (TPSA) is 0 Å². The summed E-state index contributed by atoms with van der Waals surface area (Å²) in [4.78, 5) is 1.51. The molecule has 2 heterocycles. The van der Waals surface area contributed by atoms with E-state index in [2.05, 4.69) is 16.2 Å². The van der Waals surface area contributed by atoms with Crippen molar-refractivity contribution in [3.05, 3.63) is 21.1 Å². The summed E-state index contributed by atoms with van der Waals surface area (Å²) >= 11 is 3.81. The summed E-state index contributed by atoms with van der Waals surface area (Å²) in [5.41, 5.74) is 0. The van der Waals surface area contributed by atoms with Crippen molar-refractivity contribution in [2.24, 2.45) is 0 Å². The van der Waals surface area contributed by atoms with Gasteiger partial charge in [0, 0.05) is 4.91 Å². The molecule has 0 amide bonds. The monoisotopic (exact) mass is 224 g/mol. The summed E-state index contributed by atoms with van der Waals surface area (Å²) in [5.74, 6) is 0. The molecular weight excluding hydrogens is 220 g/mol. The van der Waals surface area contributed by atoms with E-state index in [0.717, 1.165) is 0 Å². The summed E-state index contributed by atoms with van der Waals surface area (Å²) in [6, 6.07) is 0. The van der Waals surface area contributed by atoms with Crippen LogP contribution in [0.15, 0.2) is 21.1 Å². The van der Waals surface area contributed by atoms with Crippen molar-refractivity contribution in [2.75, 3.05) is 0 Å². The van der Waals surface area contributed by atoms with Crippen LogP contribution in [0.3, 0.4) is 0 Å². The first-order valence-corrected chi connectivity index (χ1v) is 8.06. The van der Waals surface area contributed by atoms with Crippen LogP contribution in [0.1, 0.15) is 0 Å². The molecule has 0 aromatic carbocycles. The van der Waals surface area contributed by atoms with Gasteiger partial charge in [-0.1, -0.05) is 10.8 Å². The Morgan fingerprint density at radius 1 is 1.20 bits per heavy atom. The number of rotatable bonds is 1. The SMILES string of the molecule is C1=CSC(C2=CSSS2)S1. The molecule has 0 aliphatic carbocycles. The molecule has 0 radical (unpaired) electrons. The van der Waals surface area contributed by atoms with Crippen LogP contribution in [0.5, 0.6) is 0 Å². The maximum atomic E-state index is 2.26. The van der Waals surface area contributed by atoms with Gasteiger partial charge in [-0.2, -0.15) is 0 Å². The van der Waals surface area contributed by atoms with Crippen molar-refractivity contribution in [1.29, 1.82) is 0 Å². The lowest BCUT2D eigenvalue weighted by Crippen LogP contribution is -1.89. The van der Waals surface area contributed by atoms with E-state index in [1.165, 1.54) is 4.91 Å². The smallest absolute Gasteiger partial charge is 0.0906 e. The zero-order valence-corrected chi connectivity index (χ0v) is 8.93. The molecule has 0 spiro atoms. The van der Waals surface area contributed by atoms with Gasteiger partial charge in [0.15, 0.2) is 0 Å². The van der Waals surface area contributed by atoms with E-state index in [9.17, 15) is 0 Å². The molecule has 0 aromatic heterocycles. The van der Waals surface area contributed by atoms with Gasteiger partial charge in [0.25, 0.3) is 0 Å². The first-order chi connectivity index (χ1) is 4.97. The molecule has 0 unspecified atom stereocenters. The van der Waals surface area contributed by atoms with E-state index in [4.69, 9.17) is 0 Å². The average molecular weight is 224 g/mol. The van der Waals surface area contributed by atoms with Crippen LogP contribution < -0.4 is 0 Å². The van der Waals surface area contributed by atoms with Crippen LogP contribution in [0.2, 0.25) is 0 Å². The molecule has 2 aliphatic heterocycles. The van der Waals surface area contributed by atoms with Crippen molar-refractivity contribution in [3.63, 3.8) is 0 Å². The summed E-state index contributed by atoms with van der Waals surface area (Å²) in [6.07, 6.45) is 0. The van der Waals surface area contributed by atoms with Gasteiger partial charge in [-0.05, 0) is 36.8 Å². The number of hydrogen-bond donors (Lipinski definition) is 0. The van der Waals surface area contributed by atoms with Crippen LogP contribution in [0, 0.1) is 0 Å². The summed E-state index contributed by atoms with van der Waals surface area (Å²) in [5, 5.41) is 6.60. The highest BCUT2D eigenvalue weighted by atomic mass is 33.5. The Kier molecular flexibility index (Phi) is 2.95. The third-order valence-electron chi connectivity index (χ3n) is 1.03. The molecule has 0 N–H and O–H groups in total. The molecular formula is C5H4S5. The minimum atomic E-state index is 0.660. The first kappa shape index (κ1) is 7.86. The van der Waals surface area contributed by atoms with E-state index in [1.54, 1.807) is 0 Å². The van der Waals surface area contributed by atoms with Crippen LogP contribution in [-0.2, 0) is 0 Å². The largest absolute Gasteiger partial charge is 0.113 e. The highest BCUT2D eigenvalue weighted by molar-refractivity contribution is 9.11. The first-order valence-electron chi connectivity index (χ1n) is 2.63. The lowest BCUT2D eigenvalue weighted by atomic mass is 10.7. The van der Waals surface area contributed by atoms with E-state index < -0.39 is 0 Å². The fraction of sp³-hybridized carbons (Fsp3) is 0.200. The number of hydrogen-bond acceptors (Lipinski definition) is 5. The van der Waals surface area contributed by atoms with Crippen LogP contribution >= 0.6 is 54.9 Å². The highest BCUT2D eigenvalue weighted by Gasteiger charge is 2.20. The Balaban J connectivity index is 1.99. The zero-order chi connectivity index (χ0) is 6.81. The molecule has 10 heavy (non-hydrogen) atoms. The minimum absolute atomic E-state index is 0.660. The van der Waals surface area contributed by atoms with Crippen molar-refractivity contribution >= 4 is 54.9 Å². The Labute approximate surface area is 80.2 Å². The molecule has 54 valence electrons. The molecule has 0 atom stereocenters. The molecule has 0 nitrogen and oxygen atoms in total. The fourth-order valence-electron chi connectivity index (χ4n) is 0.614. The van der Waals surface area contributed by atoms with Crippen molar-refractivity contribution in [2.45, 2.75) is 4.58 Å². The van der Waals surface area contributed by atoms with Gasteiger partial charge in [-0.15, -0.1) is 23.5 Å². The molecule has 0 bridgehead atoms. The third kappa shape index (κ3) is 1.69. The average Bonchev–Trinajstić information content (AvgIpc) is 2.59. The summed E-state index contributed by atoms with van der Waals surface area (Å²) < 4.78 is 0.660. The standard InChI is InChI=1S/C5H4S5/c1-2-7-5(6-1)4-3-8-10-9-4/h1-3,5H. The molecule has 0 aromatic rings. The van der Waals surface area contributed by atoms with Gasteiger partial charge in [0.1, 0.15) is 0 Å². The minimum Gasteiger partial charge on any atom is -0.113 e. The van der Waals surface area contributed by atoms with Gasteiger partial charge >= 0.3 is 0 Å². The Bertz CT molecular complexity index is 176. The van der Waals surface area contributed by atoms with Gasteiger partial charge in [0.05, 0.1) is 4.58 Å². The maximum absolute atomic E-state index is 2.26. The fourth-order valence-corrected chi connectivity index (χ4v) is 7.41. The molecule has 0 saturated heterocycles. The van der Waals surface area contributed by atoms with E-state index in [1.807, 2.05) is 54.9 Å².